The van der Waals surface area contributed by atoms with E-state index in [0.717, 1.165) is 32.1 Å². The second-order valence-electron chi connectivity index (χ2n) is 7.99. The van der Waals surface area contributed by atoms with Crippen LogP contribution >= 0.6 is 0 Å². The lowest BCUT2D eigenvalue weighted by atomic mass is 9.57. The molecule has 5 atom stereocenters. The van der Waals surface area contributed by atoms with Gasteiger partial charge < -0.3 is 15.3 Å². The maximum atomic E-state index is 10.6. The first kappa shape index (κ1) is 18.5. The fourth-order valence-electron chi connectivity index (χ4n) is 4.84. The lowest BCUT2D eigenvalue weighted by Gasteiger charge is -2.48. The average Bonchev–Trinajstić information content (AvgIpc) is 2.59. The Bertz CT molecular complexity index is 564. The van der Waals surface area contributed by atoms with Gasteiger partial charge in [-0.2, -0.15) is 0 Å². The van der Waals surface area contributed by atoms with Crippen molar-refractivity contribution in [2.45, 2.75) is 76.4 Å². The molecule has 0 aromatic heterocycles. The Morgan fingerprint density at radius 2 is 1.96 bits per heavy atom. The van der Waals surface area contributed by atoms with Gasteiger partial charge in [-0.05, 0) is 56.3 Å². The molecule has 4 heteroatoms. The van der Waals surface area contributed by atoms with E-state index in [0.29, 0.717) is 24.2 Å². The fourth-order valence-corrected chi connectivity index (χ4v) is 4.84. The zero-order valence-corrected chi connectivity index (χ0v) is 14.9. The molecule has 0 heterocycles. The number of hydrogen-bond donors (Lipinski definition) is 3. The highest BCUT2D eigenvalue weighted by atomic mass is 16.4. The van der Waals surface area contributed by atoms with Gasteiger partial charge in [-0.3, -0.25) is 4.79 Å². The molecule has 3 N–H and O–H groups in total. The zero-order chi connectivity index (χ0) is 17.8. The van der Waals surface area contributed by atoms with Gasteiger partial charge in [0.2, 0.25) is 0 Å². The molecule has 1 unspecified atom stereocenters. The molecule has 0 aromatic rings. The second kappa shape index (κ2) is 8.38. The molecule has 0 amide bonds. The van der Waals surface area contributed by atoms with Crippen LogP contribution in [-0.4, -0.2) is 33.5 Å². The molecule has 3 saturated carbocycles. The molecule has 3 rings (SSSR count). The summed E-state index contributed by atoms with van der Waals surface area (Å²) < 4.78 is 0. The quantitative estimate of drug-likeness (QED) is 0.540. The molecule has 0 saturated heterocycles. The molecule has 138 valence electrons. The first-order valence-electron chi connectivity index (χ1n) is 9.84. The molecule has 0 radical (unpaired) electrons. The number of carboxylic acid groups (broad SMARTS) is 1. The number of aliphatic carboxylic acids is 1. The molecular formula is C21H30O4. The van der Waals surface area contributed by atoms with Gasteiger partial charge in [0.05, 0.1) is 12.0 Å². The van der Waals surface area contributed by atoms with E-state index >= 15 is 0 Å². The number of fused-ring (bicyclic) bond motifs is 1. The smallest absolute Gasteiger partial charge is 0.303 e. The molecule has 0 aromatic carbocycles. The van der Waals surface area contributed by atoms with Gasteiger partial charge in [-0.25, -0.2) is 0 Å². The van der Waals surface area contributed by atoms with Gasteiger partial charge >= 0.3 is 5.97 Å². The van der Waals surface area contributed by atoms with Gasteiger partial charge in [0.15, 0.2) is 0 Å². The molecule has 0 spiro atoms. The highest BCUT2D eigenvalue weighted by Gasteiger charge is 2.46. The molecule has 3 fully saturated rings. The minimum absolute atomic E-state index is 0.0476. The van der Waals surface area contributed by atoms with Crippen LogP contribution in [0.2, 0.25) is 0 Å². The second-order valence-corrected chi connectivity index (χ2v) is 7.99. The van der Waals surface area contributed by atoms with Gasteiger partial charge in [-0.1, -0.05) is 42.8 Å². The monoisotopic (exact) mass is 346 g/mol. The molecule has 0 bridgehead atoms. The third kappa shape index (κ3) is 4.46. The van der Waals surface area contributed by atoms with E-state index in [1.165, 1.54) is 24.8 Å². The number of aliphatic hydroxyl groups excluding tert-OH is 2. The Morgan fingerprint density at radius 1 is 1.20 bits per heavy atom. The van der Waals surface area contributed by atoms with Crippen molar-refractivity contribution in [1.82, 2.24) is 0 Å². The third-order valence-corrected chi connectivity index (χ3v) is 6.37. The number of aliphatic hydroxyl groups is 2. The molecule has 3 aliphatic carbocycles. The summed E-state index contributed by atoms with van der Waals surface area (Å²) in [7, 11) is 0. The number of hydrogen-bond acceptors (Lipinski definition) is 3. The van der Waals surface area contributed by atoms with Crippen molar-refractivity contribution >= 4 is 5.97 Å². The Morgan fingerprint density at radius 3 is 2.68 bits per heavy atom. The van der Waals surface area contributed by atoms with Gasteiger partial charge in [0.25, 0.3) is 0 Å². The molecular weight excluding hydrogens is 316 g/mol. The summed E-state index contributed by atoms with van der Waals surface area (Å²) in [5.74, 6) is 6.59. The topological polar surface area (TPSA) is 77.8 Å². The Balaban J connectivity index is 1.58. The van der Waals surface area contributed by atoms with Gasteiger partial charge in [0, 0.05) is 6.42 Å². The predicted octanol–water partition coefficient (Wildman–Crippen LogP) is 3.13. The van der Waals surface area contributed by atoms with E-state index in [1.54, 1.807) is 0 Å². The summed E-state index contributed by atoms with van der Waals surface area (Å²) in [5.41, 5.74) is 1.35. The largest absolute Gasteiger partial charge is 0.481 e. The minimum atomic E-state index is -0.757. The van der Waals surface area contributed by atoms with Crippen LogP contribution in [0.1, 0.15) is 64.2 Å². The Hall–Kier alpha value is -1.31. The highest BCUT2D eigenvalue weighted by Crippen LogP contribution is 2.51. The number of carboxylic acids is 1. The number of allylic oxidation sites excluding steroid dienone is 2. The van der Waals surface area contributed by atoms with E-state index in [9.17, 15) is 15.0 Å². The third-order valence-electron chi connectivity index (χ3n) is 6.37. The van der Waals surface area contributed by atoms with Crippen LogP contribution in [0.15, 0.2) is 11.6 Å². The fraction of sp³-hybridized carbons (Fsp3) is 0.762. The van der Waals surface area contributed by atoms with E-state index in [1.807, 2.05) is 0 Å². The Labute approximate surface area is 150 Å². The van der Waals surface area contributed by atoms with Crippen LogP contribution in [-0.2, 0) is 4.79 Å². The van der Waals surface area contributed by atoms with Crippen molar-refractivity contribution in [2.24, 2.45) is 23.7 Å². The maximum Gasteiger partial charge on any atom is 0.303 e. The van der Waals surface area contributed by atoms with Crippen LogP contribution in [0.3, 0.4) is 0 Å². The molecule has 4 nitrogen and oxygen atoms in total. The molecule has 3 aliphatic rings. The summed E-state index contributed by atoms with van der Waals surface area (Å²) in [6.45, 7) is 0. The van der Waals surface area contributed by atoms with Gasteiger partial charge in [-0.15, -0.1) is 0 Å². The van der Waals surface area contributed by atoms with Crippen molar-refractivity contribution in [1.29, 1.82) is 0 Å². The normalized spacial score (nSPS) is 35.2. The van der Waals surface area contributed by atoms with Crippen LogP contribution in [0, 0.1) is 35.5 Å². The Kier molecular flexibility index (Phi) is 6.19. The predicted molar refractivity (Wildman–Crippen MR) is 95.6 cm³/mol. The summed E-state index contributed by atoms with van der Waals surface area (Å²) >= 11 is 0. The molecule has 25 heavy (non-hydrogen) atoms. The van der Waals surface area contributed by atoms with Crippen LogP contribution < -0.4 is 0 Å². The van der Waals surface area contributed by atoms with Gasteiger partial charge in [0.1, 0.15) is 6.10 Å². The standard InChI is InChI=1S/C21H30O4/c22-19(14-5-2-1-3-6-14)11-10-17-18-13-15(7-4-8-21(24)25)16(18)9-12-20(17)23/h7,14,16-20,22-23H,1-6,8-9,12-13H2,(H,24,25)/t16-,17-,18+,19?,20-/m0/s1. The van der Waals surface area contributed by atoms with Crippen molar-refractivity contribution < 1.29 is 20.1 Å². The van der Waals surface area contributed by atoms with Crippen molar-refractivity contribution in [3.8, 4) is 11.8 Å². The lowest BCUT2D eigenvalue weighted by Crippen LogP contribution is -2.44. The first-order chi connectivity index (χ1) is 12.1. The summed E-state index contributed by atoms with van der Waals surface area (Å²) in [6.07, 6.45) is 10.3. The van der Waals surface area contributed by atoms with E-state index in [2.05, 4.69) is 17.9 Å². The van der Waals surface area contributed by atoms with Crippen molar-refractivity contribution in [3.05, 3.63) is 11.6 Å². The first-order valence-corrected chi connectivity index (χ1v) is 9.84. The van der Waals surface area contributed by atoms with Crippen LogP contribution in [0.5, 0.6) is 0 Å². The lowest BCUT2D eigenvalue weighted by molar-refractivity contribution is -0.136. The van der Waals surface area contributed by atoms with Crippen molar-refractivity contribution in [2.75, 3.05) is 0 Å². The number of rotatable bonds is 4. The van der Waals surface area contributed by atoms with E-state index in [-0.39, 0.29) is 12.3 Å². The summed E-state index contributed by atoms with van der Waals surface area (Å²) in [6, 6.07) is 0. The van der Waals surface area contributed by atoms with Crippen LogP contribution in [0.4, 0.5) is 0 Å². The highest BCUT2D eigenvalue weighted by molar-refractivity contribution is 5.66. The zero-order valence-electron chi connectivity index (χ0n) is 14.9. The van der Waals surface area contributed by atoms with Crippen LogP contribution in [0.25, 0.3) is 0 Å². The van der Waals surface area contributed by atoms with E-state index < -0.39 is 18.2 Å². The number of carbonyl (C=O) groups is 1. The van der Waals surface area contributed by atoms with E-state index in [4.69, 9.17) is 5.11 Å². The summed E-state index contributed by atoms with van der Waals surface area (Å²) in [5, 5.41) is 29.5. The minimum Gasteiger partial charge on any atom is -0.481 e. The molecule has 0 aliphatic heterocycles. The average molecular weight is 346 g/mol. The maximum absolute atomic E-state index is 10.6. The summed E-state index contributed by atoms with van der Waals surface area (Å²) in [4.78, 5) is 10.6. The SMILES string of the molecule is O=C(O)CCC=C1C[C@H]2[C@H](C#CC(O)C3CCCCC3)[C@@H](O)CC[C@@H]12. The van der Waals surface area contributed by atoms with Crippen molar-refractivity contribution in [3.63, 3.8) is 0 Å².